The molecular formula is C14H22O3. The molecule has 0 fully saturated rings. The van der Waals surface area contributed by atoms with Crippen LogP contribution in [0.2, 0.25) is 0 Å². The van der Waals surface area contributed by atoms with Crippen LogP contribution in [0.4, 0.5) is 0 Å². The standard InChI is InChI=1S/C14H22O3/c1-5-10(6-2)14(15)13-11(16-3)8-7-9-12(13)17-4/h7-10,14-15H,5-6H2,1-4H3. The minimum atomic E-state index is -0.545. The maximum Gasteiger partial charge on any atom is 0.128 e. The minimum Gasteiger partial charge on any atom is -0.496 e. The molecule has 0 heterocycles. The average Bonchev–Trinajstić information content (AvgIpc) is 2.38. The number of hydrogen-bond acceptors (Lipinski definition) is 3. The molecule has 0 aromatic heterocycles. The van der Waals surface area contributed by atoms with Crippen LogP contribution in [0.5, 0.6) is 11.5 Å². The predicted octanol–water partition coefficient (Wildman–Crippen LogP) is 3.17. The van der Waals surface area contributed by atoms with Gasteiger partial charge < -0.3 is 14.6 Å². The Hall–Kier alpha value is -1.22. The van der Waals surface area contributed by atoms with Gasteiger partial charge in [0.2, 0.25) is 0 Å². The minimum absolute atomic E-state index is 0.222. The van der Waals surface area contributed by atoms with E-state index in [1.54, 1.807) is 14.2 Å². The molecule has 1 rings (SSSR count). The lowest BCUT2D eigenvalue weighted by atomic mass is 9.90. The molecule has 1 unspecified atom stereocenters. The summed E-state index contributed by atoms with van der Waals surface area (Å²) < 4.78 is 10.6. The lowest BCUT2D eigenvalue weighted by Crippen LogP contribution is -2.13. The topological polar surface area (TPSA) is 38.7 Å². The van der Waals surface area contributed by atoms with E-state index in [0.717, 1.165) is 18.4 Å². The molecule has 0 aliphatic heterocycles. The Morgan fingerprint density at radius 3 is 1.88 bits per heavy atom. The first kappa shape index (κ1) is 13.8. The molecule has 3 nitrogen and oxygen atoms in total. The summed E-state index contributed by atoms with van der Waals surface area (Å²) in [5, 5.41) is 10.4. The van der Waals surface area contributed by atoms with E-state index in [4.69, 9.17) is 9.47 Å². The number of ether oxygens (including phenoxy) is 2. The Balaban J connectivity index is 3.17. The summed E-state index contributed by atoms with van der Waals surface area (Å²) in [6, 6.07) is 5.56. The lowest BCUT2D eigenvalue weighted by Gasteiger charge is -2.24. The van der Waals surface area contributed by atoms with Crippen molar-refractivity contribution in [2.24, 2.45) is 5.92 Å². The van der Waals surface area contributed by atoms with Crippen LogP contribution in [0.3, 0.4) is 0 Å². The van der Waals surface area contributed by atoms with Crippen molar-refractivity contribution in [1.29, 1.82) is 0 Å². The molecular weight excluding hydrogens is 216 g/mol. The van der Waals surface area contributed by atoms with Crippen molar-refractivity contribution in [1.82, 2.24) is 0 Å². The first-order valence-corrected chi connectivity index (χ1v) is 6.08. The first-order chi connectivity index (χ1) is 8.19. The van der Waals surface area contributed by atoms with Gasteiger partial charge in [0.05, 0.1) is 25.9 Å². The smallest absolute Gasteiger partial charge is 0.128 e. The van der Waals surface area contributed by atoms with Crippen LogP contribution in [0, 0.1) is 5.92 Å². The molecule has 0 saturated heterocycles. The van der Waals surface area contributed by atoms with Gasteiger partial charge in [-0.15, -0.1) is 0 Å². The molecule has 0 bridgehead atoms. The van der Waals surface area contributed by atoms with Crippen LogP contribution in [-0.4, -0.2) is 19.3 Å². The number of aliphatic hydroxyl groups is 1. The van der Waals surface area contributed by atoms with Gasteiger partial charge in [-0.05, 0) is 18.1 Å². The molecule has 1 atom stereocenters. The Morgan fingerprint density at radius 1 is 1.06 bits per heavy atom. The zero-order chi connectivity index (χ0) is 12.8. The predicted molar refractivity (Wildman–Crippen MR) is 68.6 cm³/mol. The van der Waals surface area contributed by atoms with Gasteiger partial charge in [0.1, 0.15) is 11.5 Å². The summed E-state index contributed by atoms with van der Waals surface area (Å²) in [5.41, 5.74) is 0.756. The number of hydrogen-bond donors (Lipinski definition) is 1. The van der Waals surface area contributed by atoms with E-state index in [0.29, 0.717) is 11.5 Å². The highest BCUT2D eigenvalue weighted by molar-refractivity contribution is 5.46. The fourth-order valence-electron chi connectivity index (χ4n) is 2.14. The maximum absolute atomic E-state index is 10.4. The quantitative estimate of drug-likeness (QED) is 0.827. The van der Waals surface area contributed by atoms with Crippen molar-refractivity contribution in [3.8, 4) is 11.5 Å². The van der Waals surface area contributed by atoms with Crippen molar-refractivity contribution in [3.63, 3.8) is 0 Å². The van der Waals surface area contributed by atoms with Crippen molar-refractivity contribution in [2.45, 2.75) is 32.8 Å². The highest BCUT2D eigenvalue weighted by Crippen LogP contribution is 2.39. The van der Waals surface area contributed by atoms with Crippen LogP contribution in [-0.2, 0) is 0 Å². The van der Waals surface area contributed by atoms with Gasteiger partial charge in [0, 0.05) is 0 Å². The van der Waals surface area contributed by atoms with E-state index in [1.807, 2.05) is 18.2 Å². The van der Waals surface area contributed by atoms with Crippen LogP contribution in [0.1, 0.15) is 38.4 Å². The third-order valence-corrected chi connectivity index (χ3v) is 3.26. The van der Waals surface area contributed by atoms with Crippen molar-refractivity contribution in [3.05, 3.63) is 23.8 Å². The summed E-state index contributed by atoms with van der Waals surface area (Å²) in [6.07, 6.45) is 1.31. The Kier molecular flexibility index (Phi) is 5.29. The fraction of sp³-hybridized carbons (Fsp3) is 0.571. The highest BCUT2D eigenvalue weighted by Gasteiger charge is 2.24. The molecule has 0 spiro atoms. The number of methoxy groups -OCH3 is 2. The molecule has 0 amide bonds. The third kappa shape index (κ3) is 2.91. The molecule has 0 aliphatic carbocycles. The SMILES string of the molecule is CCC(CC)C(O)c1c(OC)cccc1OC. The molecule has 96 valence electrons. The second-order valence-corrected chi connectivity index (χ2v) is 4.10. The Bertz CT molecular complexity index is 323. The van der Waals surface area contributed by atoms with Gasteiger partial charge in [-0.2, -0.15) is 0 Å². The van der Waals surface area contributed by atoms with E-state index >= 15 is 0 Å². The molecule has 0 saturated carbocycles. The van der Waals surface area contributed by atoms with Crippen LogP contribution in [0.25, 0.3) is 0 Å². The van der Waals surface area contributed by atoms with E-state index in [-0.39, 0.29) is 5.92 Å². The summed E-state index contributed by atoms with van der Waals surface area (Å²) in [4.78, 5) is 0. The highest BCUT2D eigenvalue weighted by atomic mass is 16.5. The fourth-order valence-corrected chi connectivity index (χ4v) is 2.14. The molecule has 17 heavy (non-hydrogen) atoms. The van der Waals surface area contributed by atoms with Crippen LogP contribution < -0.4 is 9.47 Å². The Labute approximate surface area is 103 Å². The number of benzene rings is 1. The van der Waals surface area contributed by atoms with Gasteiger partial charge >= 0.3 is 0 Å². The number of aliphatic hydroxyl groups excluding tert-OH is 1. The molecule has 1 N–H and O–H groups in total. The van der Waals surface area contributed by atoms with E-state index in [9.17, 15) is 5.11 Å². The second-order valence-electron chi connectivity index (χ2n) is 4.10. The van der Waals surface area contributed by atoms with Crippen LogP contribution >= 0.6 is 0 Å². The van der Waals surface area contributed by atoms with Crippen molar-refractivity contribution in [2.75, 3.05) is 14.2 Å². The zero-order valence-electron chi connectivity index (χ0n) is 11.1. The van der Waals surface area contributed by atoms with Gasteiger partial charge in [0.25, 0.3) is 0 Å². The van der Waals surface area contributed by atoms with Crippen molar-refractivity contribution < 1.29 is 14.6 Å². The Morgan fingerprint density at radius 2 is 1.53 bits per heavy atom. The average molecular weight is 238 g/mol. The zero-order valence-corrected chi connectivity index (χ0v) is 11.1. The lowest BCUT2D eigenvalue weighted by molar-refractivity contribution is 0.0975. The van der Waals surface area contributed by atoms with E-state index in [2.05, 4.69) is 13.8 Å². The molecule has 3 heteroatoms. The first-order valence-electron chi connectivity index (χ1n) is 6.08. The maximum atomic E-state index is 10.4. The molecule has 0 radical (unpaired) electrons. The number of rotatable bonds is 6. The largest absolute Gasteiger partial charge is 0.496 e. The van der Waals surface area contributed by atoms with Gasteiger partial charge in [0.15, 0.2) is 0 Å². The van der Waals surface area contributed by atoms with Gasteiger partial charge in [-0.3, -0.25) is 0 Å². The summed E-state index contributed by atoms with van der Waals surface area (Å²) in [7, 11) is 3.22. The second kappa shape index (κ2) is 6.50. The van der Waals surface area contributed by atoms with E-state index in [1.165, 1.54) is 0 Å². The van der Waals surface area contributed by atoms with Crippen LogP contribution in [0.15, 0.2) is 18.2 Å². The molecule has 1 aromatic rings. The van der Waals surface area contributed by atoms with Gasteiger partial charge in [-0.1, -0.05) is 32.8 Å². The summed E-state index contributed by atoms with van der Waals surface area (Å²) in [5.74, 6) is 1.59. The van der Waals surface area contributed by atoms with E-state index < -0.39 is 6.10 Å². The monoisotopic (exact) mass is 238 g/mol. The van der Waals surface area contributed by atoms with Gasteiger partial charge in [-0.25, -0.2) is 0 Å². The summed E-state index contributed by atoms with van der Waals surface area (Å²) >= 11 is 0. The third-order valence-electron chi connectivity index (χ3n) is 3.26. The van der Waals surface area contributed by atoms with Crippen molar-refractivity contribution >= 4 is 0 Å². The summed E-state index contributed by atoms with van der Waals surface area (Å²) in [6.45, 7) is 4.17. The normalized spacial score (nSPS) is 12.6. The molecule has 0 aliphatic rings. The molecule has 1 aromatic carbocycles.